The Morgan fingerprint density at radius 1 is 1.35 bits per heavy atom. The van der Waals surface area contributed by atoms with Crippen LogP contribution >= 0.6 is 0 Å². The summed E-state index contributed by atoms with van der Waals surface area (Å²) in [5.74, 6) is 0. The fourth-order valence-electron chi connectivity index (χ4n) is 1.83. The molecular weight excluding hydrogens is 252 g/mol. The number of nitrogens with zero attached hydrogens (tertiary/aromatic N) is 3. The van der Waals surface area contributed by atoms with Gasteiger partial charge in [-0.1, -0.05) is 31.5 Å². The first kappa shape index (κ1) is 14.1. The fraction of sp³-hybridized carbons (Fsp3) is 0.333. The third-order valence-corrected chi connectivity index (χ3v) is 3.05. The van der Waals surface area contributed by atoms with Crippen LogP contribution in [0.2, 0.25) is 0 Å². The number of carbonyl (C=O) groups is 1. The van der Waals surface area contributed by atoms with Crippen molar-refractivity contribution in [1.29, 1.82) is 0 Å². The number of unbranched alkanes of at least 4 members (excludes halogenated alkanes) is 1. The summed E-state index contributed by atoms with van der Waals surface area (Å²) in [5, 5.41) is 7.09. The number of hydrogen-bond donors (Lipinski definition) is 1. The van der Waals surface area contributed by atoms with Crippen LogP contribution in [-0.4, -0.2) is 34.3 Å². The quantitative estimate of drug-likeness (QED) is 0.909. The van der Waals surface area contributed by atoms with Crippen molar-refractivity contribution in [3.8, 4) is 5.69 Å². The van der Waals surface area contributed by atoms with Gasteiger partial charge in [0.1, 0.15) is 0 Å². The van der Waals surface area contributed by atoms with E-state index in [-0.39, 0.29) is 6.03 Å². The van der Waals surface area contributed by atoms with Gasteiger partial charge in [0, 0.05) is 13.6 Å². The summed E-state index contributed by atoms with van der Waals surface area (Å²) in [7, 11) is 1.80. The van der Waals surface area contributed by atoms with E-state index in [1.165, 1.54) is 0 Å². The molecule has 0 spiro atoms. The standard InChI is InChI=1S/C15H20N4O/c1-3-4-10-18(2)15(20)17-13-11-16-19(12-13)14-8-6-5-7-9-14/h5-9,11-12H,3-4,10H2,1-2H3,(H,17,20). The van der Waals surface area contributed by atoms with E-state index < -0.39 is 0 Å². The Morgan fingerprint density at radius 2 is 2.10 bits per heavy atom. The maximum Gasteiger partial charge on any atom is 0.321 e. The molecule has 5 heteroatoms. The van der Waals surface area contributed by atoms with E-state index in [1.54, 1.807) is 29.0 Å². The van der Waals surface area contributed by atoms with Gasteiger partial charge in [-0.2, -0.15) is 5.10 Å². The molecule has 106 valence electrons. The number of aromatic nitrogens is 2. The van der Waals surface area contributed by atoms with Crippen molar-refractivity contribution in [3.63, 3.8) is 0 Å². The number of urea groups is 1. The summed E-state index contributed by atoms with van der Waals surface area (Å²) in [6, 6.07) is 9.68. The van der Waals surface area contributed by atoms with Gasteiger partial charge < -0.3 is 10.2 Å². The molecule has 0 fully saturated rings. The minimum Gasteiger partial charge on any atom is -0.328 e. The number of hydrogen-bond acceptors (Lipinski definition) is 2. The van der Waals surface area contributed by atoms with Crippen LogP contribution in [0, 0.1) is 0 Å². The van der Waals surface area contributed by atoms with Crippen molar-refractivity contribution in [2.24, 2.45) is 0 Å². The molecule has 2 rings (SSSR count). The molecule has 0 atom stereocenters. The second-order valence-corrected chi connectivity index (χ2v) is 4.71. The zero-order valence-electron chi connectivity index (χ0n) is 11.9. The lowest BCUT2D eigenvalue weighted by Crippen LogP contribution is -2.31. The molecule has 0 radical (unpaired) electrons. The van der Waals surface area contributed by atoms with E-state index in [0.717, 1.165) is 25.1 Å². The summed E-state index contributed by atoms with van der Waals surface area (Å²) in [6.45, 7) is 2.87. The van der Waals surface area contributed by atoms with E-state index >= 15 is 0 Å². The van der Waals surface area contributed by atoms with Gasteiger partial charge in [0.05, 0.1) is 23.8 Å². The first-order valence-electron chi connectivity index (χ1n) is 6.83. The Bertz CT molecular complexity index is 550. The zero-order chi connectivity index (χ0) is 14.4. The lowest BCUT2D eigenvalue weighted by molar-refractivity contribution is 0.222. The molecule has 20 heavy (non-hydrogen) atoms. The highest BCUT2D eigenvalue weighted by molar-refractivity contribution is 5.88. The molecule has 2 aromatic rings. The maximum absolute atomic E-state index is 11.9. The van der Waals surface area contributed by atoms with E-state index in [1.807, 2.05) is 30.3 Å². The lowest BCUT2D eigenvalue weighted by Gasteiger charge is -2.16. The SMILES string of the molecule is CCCCN(C)C(=O)Nc1cnn(-c2ccccc2)c1. The van der Waals surface area contributed by atoms with Crippen molar-refractivity contribution < 1.29 is 4.79 Å². The molecule has 0 unspecified atom stereocenters. The van der Waals surface area contributed by atoms with Gasteiger partial charge in [-0.15, -0.1) is 0 Å². The maximum atomic E-state index is 11.9. The molecule has 0 aliphatic carbocycles. The Hall–Kier alpha value is -2.30. The Labute approximate surface area is 119 Å². The molecule has 2 amide bonds. The number of benzene rings is 1. The van der Waals surface area contributed by atoms with Crippen LogP contribution in [-0.2, 0) is 0 Å². The van der Waals surface area contributed by atoms with Crippen LogP contribution in [0.5, 0.6) is 0 Å². The number of nitrogens with one attached hydrogen (secondary N) is 1. The summed E-state index contributed by atoms with van der Waals surface area (Å²) >= 11 is 0. The highest BCUT2D eigenvalue weighted by Gasteiger charge is 2.09. The third-order valence-electron chi connectivity index (χ3n) is 3.05. The molecule has 0 bridgehead atoms. The smallest absolute Gasteiger partial charge is 0.321 e. The fourth-order valence-corrected chi connectivity index (χ4v) is 1.83. The Kier molecular flexibility index (Phi) is 4.76. The predicted octanol–water partition coefficient (Wildman–Crippen LogP) is 3.14. The summed E-state index contributed by atoms with van der Waals surface area (Å²) in [4.78, 5) is 13.6. The van der Waals surface area contributed by atoms with Gasteiger partial charge in [0.25, 0.3) is 0 Å². The van der Waals surface area contributed by atoms with Gasteiger partial charge in [-0.05, 0) is 18.6 Å². The summed E-state index contributed by atoms with van der Waals surface area (Å²) in [6.07, 6.45) is 5.54. The zero-order valence-corrected chi connectivity index (χ0v) is 11.9. The normalized spacial score (nSPS) is 10.3. The second kappa shape index (κ2) is 6.75. The first-order chi connectivity index (χ1) is 9.70. The average molecular weight is 272 g/mol. The van der Waals surface area contributed by atoms with Crippen LogP contribution in [0.15, 0.2) is 42.7 Å². The molecule has 1 heterocycles. The minimum atomic E-state index is -0.105. The molecule has 0 aliphatic rings. The lowest BCUT2D eigenvalue weighted by atomic mass is 10.3. The Balaban J connectivity index is 1.98. The van der Waals surface area contributed by atoms with Crippen molar-refractivity contribution in [2.75, 3.05) is 18.9 Å². The second-order valence-electron chi connectivity index (χ2n) is 4.71. The van der Waals surface area contributed by atoms with Crippen LogP contribution in [0.1, 0.15) is 19.8 Å². The van der Waals surface area contributed by atoms with Crippen molar-refractivity contribution >= 4 is 11.7 Å². The molecule has 1 N–H and O–H groups in total. The average Bonchev–Trinajstić information content (AvgIpc) is 2.94. The highest BCUT2D eigenvalue weighted by Crippen LogP contribution is 2.11. The summed E-state index contributed by atoms with van der Waals surface area (Å²) < 4.78 is 1.74. The van der Waals surface area contributed by atoms with Crippen LogP contribution in [0.4, 0.5) is 10.5 Å². The van der Waals surface area contributed by atoms with E-state index in [0.29, 0.717) is 5.69 Å². The monoisotopic (exact) mass is 272 g/mol. The largest absolute Gasteiger partial charge is 0.328 e. The molecule has 0 saturated carbocycles. The van der Waals surface area contributed by atoms with E-state index in [4.69, 9.17) is 0 Å². The Morgan fingerprint density at radius 3 is 2.80 bits per heavy atom. The van der Waals surface area contributed by atoms with Crippen molar-refractivity contribution in [2.45, 2.75) is 19.8 Å². The highest BCUT2D eigenvalue weighted by atomic mass is 16.2. The number of anilines is 1. The summed E-state index contributed by atoms with van der Waals surface area (Å²) in [5.41, 5.74) is 1.66. The topological polar surface area (TPSA) is 50.2 Å². The molecule has 1 aromatic carbocycles. The molecule has 5 nitrogen and oxygen atoms in total. The van der Waals surface area contributed by atoms with E-state index in [2.05, 4.69) is 17.3 Å². The number of rotatable bonds is 5. The van der Waals surface area contributed by atoms with Gasteiger partial charge in [0.15, 0.2) is 0 Å². The van der Waals surface area contributed by atoms with Crippen molar-refractivity contribution in [1.82, 2.24) is 14.7 Å². The van der Waals surface area contributed by atoms with Gasteiger partial charge in [-0.25, -0.2) is 9.48 Å². The number of amides is 2. The predicted molar refractivity (Wildman–Crippen MR) is 80.1 cm³/mol. The third kappa shape index (κ3) is 3.60. The van der Waals surface area contributed by atoms with Gasteiger partial charge in [-0.3, -0.25) is 0 Å². The molecule has 1 aromatic heterocycles. The number of carbonyl (C=O) groups excluding carboxylic acids is 1. The first-order valence-corrected chi connectivity index (χ1v) is 6.83. The van der Waals surface area contributed by atoms with Gasteiger partial charge >= 0.3 is 6.03 Å². The molecule has 0 aliphatic heterocycles. The van der Waals surface area contributed by atoms with Crippen LogP contribution in [0.25, 0.3) is 5.69 Å². The van der Waals surface area contributed by atoms with E-state index in [9.17, 15) is 4.79 Å². The minimum absolute atomic E-state index is 0.105. The van der Waals surface area contributed by atoms with Crippen molar-refractivity contribution in [3.05, 3.63) is 42.7 Å². The molecular formula is C15H20N4O. The van der Waals surface area contributed by atoms with Crippen LogP contribution < -0.4 is 5.32 Å². The molecule has 0 saturated heterocycles. The van der Waals surface area contributed by atoms with Gasteiger partial charge in [0.2, 0.25) is 0 Å². The van der Waals surface area contributed by atoms with Crippen LogP contribution in [0.3, 0.4) is 0 Å². The number of para-hydroxylation sites is 1.